The molecule has 6 aromatic carbocycles. The van der Waals surface area contributed by atoms with Crippen LogP contribution in [0.2, 0.25) is 10.0 Å². The van der Waals surface area contributed by atoms with Gasteiger partial charge in [0.15, 0.2) is 9.84 Å². The third-order valence-corrected chi connectivity index (χ3v) is 15.2. The first-order valence-corrected chi connectivity index (χ1v) is 28.4. The number of rotatable bonds is 12. The highest BCUT2D eigenvalue weighted by atomic mass is 35.5. The first-order valence-electron chi connectivity index (χ1n) is 23.9. The van der Waals surface area contributed by atoms with E-state index in [-0.39, 0.29) is 10.8 Å². The first-order chi connectivity index (χ1) is 36.8. The number of nitrogens with two attached hydrogens (primary N) is 1. The van der Waals surface area contributed by atoms with E-state index in [0.717, 1.165) is 89.4 Å². The number of halogens is 2. The number of benzene rings is 6. The number of hydrazine groups is 1. The Morgan fingerprint density at radius 1 is 0.623 bits per heavy atom. The Labute approximate surface area is 455 Å². The van der Waals surface area contributed by atoms with E-state index < -0.39 is 31.7 Å². The van der Waals surface area contributed by atoms with Crippen LogP contribution in [0.15, 0.2) is 176 Å². The molecule has 4 N–H and O–H groups in total. The van der Waals surface area contributed by atoms with Crippen LogP contribution in [0.1, 0.15) is 48.6 Å². The van der Waals surface area contributed by atoms with Crippen LogP contribution < -0.4 is 16.5 Å². The van der Waals surface area contributed by atoms with Crippen LogP contribution in [-0.2, 0) is 31.0 Å². The Bertz CT molecular complexity index is 3960. The molecule has 0 aliphatic carbocycles. The molecule has 3 amide bonds. The van der Waals surface area contributed by atoms with Gasteiger partial charge in [-0.1, -0.05) is 83.9 Å². The average Bonchev–Trinajstić information content (AvgIpc) is 3.43. The average molecular weight is 1110 g/mol. The highest BCUT2D eigenvalue weighted by molar-refractivity contribution is 7.90. The second-order valence-corrected chi connectivity index (χ2v) is 22.8. The highest BCUT2D eigenvalue weighted by Crippen LogP contribution is 2.32. The van der Waals surface area contributed by atoms with Gasteiger partial charge in [0.2, 0.25) is 15.9 Å². The number of hydrogen-bond donors (Lipinski definition) is 3. The number of pyridine rings is 3. The lowest BCUT2D eigenvalue weighted by atomic mass is 9.96. The van der Waals surface area contributed by atoms with Gasteiger partial charge in [0, 0.05) is 117 Å². The number of fused-ring (bicyclic) bond motifs is 3. The Kier molecular flexibility index (Phi) is 17.5. The molecule has 77 heavy (non-hydrogen) atoms. The molecule has 1 aliphatic rings. The van der Waals surface area contributed by atoms with Crippen LogP contribution in [0.25, 0.3) is 60.1 Å². The maximum absolute atomic E-state index is 12.8. The fourth-order valence-corrected chi connectivity index (χ4v) is 9.51. The standard InChI is InChI=1S/C25H21ClN2O3S.C18H16ClN3O3S.C15H14N2O2/c1-32(30,31)22-4-2-3-17(13-22)11-12-28-25(29)19-5-6-20-15-27-16-24(23(20)14-19)18-7-9-21(26)10-8-18;1-22(26(2,24)25)21-18(23)13-3-4-14-10-20-11-17(16(14)9-13)12-5-7-15(19)8-6-12;16-15(18)11-1-2-12-8-17-9-14(13(12)7-11)10-3-5-19-6-4-10/h2-10,13-16H,11-12H2,1H3,(H,28,29);3-11H,1-2H3,(H,21,23);1-3,7-9H,4-6H2,(H2,16,18). The summed E-state index contributed by atoms with van der Waals surface area (Å²) >= 11 is 12.0. The molecule has 9 aromatic rings. The molecule has 0 bridgehead atoms. The summed E-state index contributed by atoms with van der Waals surface area (Å²) < 4.78 is 52.5. The van der Waals surface area contributed by atoms with E-state index in [0.29, 0.717) is 46.3 Å². The van der Waals surface area contributed by atoms with E-state index in [4.69, 9.17) is 33.7 Å². The SMILES string of the molecule is CN(NC(=O)c1ccc2cncc(-c3ccc(Cl)cc3)c2c1)S(C)(=O)=O.CS(=O)(=O)c1cccc(CCNC(=O)c2ccc3cncc(-c4ccc(Cl)cc4)c3c2)c1.NC(=O)c1ccc2cncc(C3=CCOCC3)c2c1. The Balaban J connectivity index is 0.000000158. The lowest BCUT2D eigenvalue weighted by Gasteiger charge is -2.15. The maximum Gasteiger partial charge on any atom is 0.266 e. The van der Waals surface area contributed by atoms with Crippen molar-refractivity contribution < 1.29 is 36.0 Å². The van der Waals surface area contributed by atoms with Gasteiger partial charge < -0.3 is 15.8 Å². The third kappa shape index (κ3) is 14.1. The number of aromatic nitrogens is 3. The summed E-state index contributed by atoms with van der Waals surface area (Å²) in [6.07, 6.45) is 16.3. The molecule has 10 rings (SSSR count). The summed E-state index contributed by atoms with van der Waals surface area (Å²) in [5.41, 5.74) is 15.9. The van der Waals surface area contributed by atoms with Gasteiger partial charge in [-0.05, 0) is 124 Å². The number of hydrogen-bond acceptors (Lipinski definition) is 11. The number of sulfone groups is 1. The highest BCUT2D eigenvalue weighted by Gasteiger charge is 2.18. The summed E-state index contributed by atoms with van der Waals surface area (Å²) in [4.78, 5) is 49.6. The number of ether oxygens (including phenoxy) is 1. The predicted octanol–water partition coefficient (Wildman–Crippen LogP) is 10.2. The zero-order chi connectivity index (χ0) is 54.9. The Morgan fingerprint density at radius 2 is 1.12 bits per heavy atom. The van der Waals surface area contributed by atoms with Crippen molar-refractivity contribution >= 4 is 98.7 Å². The van der Waals surface area contributed by atoms with E-state index >= 15 is 0 Å². The largest absolute Gasteiger partial charge is 0.377 e. The second-order valence-electron chi connectivity index (χ2n) is 17.9. The first kappa shape index (κ1) is 55.3. The molecular weight excluding hydrogens is 1060 g/mol. The van der Waals surface area contributed by atoms with Gasteiger partial charge in [-0.2, -0.15) is 0 Å². The van der Waals surface area contributed by atoms with Gasteiger partial charge >= 0.3 is 0 Å². The molecule has 0 atom stereocenters. The van der Waals surface area contributed by atoms with Crippen molar-refractivity contribution in [3.05, 3.63) is 209 Å². The number of sulfonamides is 1. The molecular formula is C58H51Cl2N7O8S2. The van der Waals surface area contributed by atoms with Gasteiger partial charge in [-0.15, -0.1) is 4.41 Å². The van der Waals surface area contributed by atoms with Crippen molar-refractivity contribution in [2.75, 3.05) is 39.3 Å². The van der Waals surface area contributed by atoms with Gasteiger partial charge in [0.05, 0.1) is 24.4 Å². The molecule has 0 fully saturated rings. The zero-order valence-electron chi connectivity index (χ0n) is 41.9. The topological polar surface area (TPSA) is 221 Å². The van der Waals surface area contributed by atoms with Crippen molar-refractivity contribution in [3.63, 3.8) is 0 Å². The Morgan fingerprint density at radius 3 is 1.61 bits per heavy atom. The smallest absolute Gasteiger partial charge is 0.266 e. The molecule has 15 nitrogen and oxygen atoms in total. The molecule has 0 spiro atoms. The zero-order valence-corrected chi connectivity index (χ0v) is 45.1. The number of carbonyl (C=O) groups is 3. The molecule has 3 aromatic heterocycles. The van der Waals surface area contributed by atoms with Gasteiger partial charge in [0.25, 0.3) is 11.8 Å². The molecule has 392 valence electrons. The van der Waals surface area contributed by atoms with Crippen molar-refractivity contribution in [2.45, 2.75) is 17.7 Å². The van der Waals surface area contributed by atoms with E-state index in [1.54, 1.807) is 91.6 Å². The molecule has 4 heterocycles. The van der Waals surface area contributed by atoms with Gasteiger partial charge in [0.1, 0.15) is 0 Å². The minimum atomic E-state index is -3.52. The van der Waals surface area contributed by atoms with Crippen molar-refractivity contribution in [1.82, 2.24) is 30.1 Å². The summed E-state index contributed by atoms with van der Waals surface area (Å²) in [6.45, 7) is 1.74. The monoisotopic (exact) mass is 1110 g/mol. The lowest BCUT2D eigenvalue weighted by Crippen LogP contribution is -2.42. The van der Waals surface area contributed by atoms with Crippen LogP contribution in [0.4, 0.5) is 0 Å². The van der Waals surface area contributed by atoms with Gasteiger partial charge in [-0.25, -0.2) is 16.8 Å². The van der Waals surface area contributed by atoms with Crippen LogP contribution >= 0.6 is 23.2 Å². The normalized spacial score (nSPS) is 12.5. The number of nitrogens with zero attached hydrogens (tertiary/aromatic N) is 4. The quantitative estimate of drug-likeness (QED) is 0.0977. The van der Waals surface area contributed by atoms with E-state index in [9.17, 15) is 31.2 Å². The van der Waals surface area contributed by atoms with E-state index in [2.05, 4.69) is 31.8 Å². The minimum Gasteiger partial charge on any atom is -0.377 e. The van der Waals surface area contributed by atoms with E-state index in [1.165, 1.54) is 18.9 Å². The Hall–Kier alpha value is -7.90. The minimum absolute atomic E-state index is 0.190. The van der Waals surface area contributed by atoms with Gasteiger partial charge in [-0.3, -0.25) is 34.8 Å². The maximum atomic E-state index is 12.8. The number of nitrogens with one attached hydrogen (secondary N) is 2. The van der Waals surface area contributed by atoms with Crippen LogP contribution in [-0.4, -0.2) is 93.2 Å². The number of amides is 3. The predicted molar refractivity (Wildman–Crippen MR) is 304 cm³/mol. The molecule has 0 unspecified atom stereocenters. The lowest BCUT2D eigenvalue weighted by molar-refractivity contribution is 0.0892. The number of carbonyl (C=O) groups excluding carboxylic acids is 3. The fourth-order valence-electron chi connectivity index (χ4n) is 8.32. The molecule has 0 saturated heterocycles. The molecule has 1 aliphatic heterocycles. The van der Waals surface area contributed by atoms with Crippen LogP contribution in [0, 0.1) is 0 Å². The molecule has 0 radical (unpaired) electrons. The van der Waals surface area contributed by atoms with E-state index in [1.807, 2.05) is 72.9 Å². The fraction of sp³-hybridized carbons (Fsp3) is 0.138. The van der Waals surface area contributed by atoms with Crippen LogP contribution in [0.5, 0.6) is 0 Å². The summed E-state index contributed by atoms with van der Waals surface area (Å²) in [7, 11) is -5.51. The van der Waals surface area contributed by atoms with Crippen molar-refractivity contribution in [3.8, 4) is 22.3 Å². The molecule has 19 heteroatoms. The van der Waals surface area contributed by atoms with Crippen molar-refractivity contribution in [2.24, 2.45) is 5.73 Å². The van der Waals surface area contributed by atoms with Crippen molar-refractivity contribution in [1.29, 1.82) is 0 Å². The van der Waals surface area contributed by atoms with Crippen LogP contribution in [0.3, 0.4) is 0 Å². The summed E-state index contributed by atoms with van der Waals surface area (Å²) in [5, 5.41) is 9.79. The second kappa shape index (κ2) is 24.4. The summed E-state index contributed by atoms with van der Waals surface area (Å²) in [5.74, 6) is -1.12. The molecule has 0 saturated carbocycles. The summed E-state index contributed by atoms with van der Waals surface area (Å²) in [6, 6.07) is 37.7. The number of primary amides is 1. The third-order valence-electron chi connectivity index (χ3n) is 12.5.